The number of amides is 2. The molecule has 0 bridgehead atoms. The van der Waals surface area contributed by atoms with Gasteiger partial charge in [0.15, 0.2) is 0 Å². The number of halogens is 1. The number of oxazole rings is 1. The lowest BCUT2D eigenvalue weighted by Gasteiger charge is -2.13. The van der Waals surface area contributed by atoms with Crippen LogP contribution in [0.1, 0.15) is 24.6 Å². The van der Waals surface area contributed by atoms with Crippen LogP contribution in [0.25, 0.3) is 11.5 Å². The number of carbonyl (C=O) groups excluding carboxylic acids is 1. The third-order valence-corrected chi connectivity index (χ3v) is 4.16. The summed E-state index contributed by atoms with van der Waals surface area (Å²) in [4.78, 5) is 16.6. The van der Waals surface area contributed by atoms with Crippen molar-refractivity contribution < 1.29 is 18.3 Å². The van der Waals surface area contributed by atoms with Crippen LogP contribution in [-0.4, -0.2) is 24.2 Å². The smallest absolute Gasteiger partial charge is 0.319 e. The van der Waals surface area contributed by atoms with Gasteiger partial charge in [-0.25, -0.2) is 14.2 Å². The molecule has 3 rings (SSSR count). The summed E-state index contributed by atoms with van der Waals surface area (Å²) in [6.07, 6.45) is 2.93. The first-order valence-electron chi connectivity index (χ1n) is 9.54. The molecule has 2 amide bonds. The average molecular weight is 397 g/mol. The first-order chi connectivity index (χ1) is 14.0. The summed E-state index contributed by atoms with van der Waals surface area (Å²) in [7, 11) is 0. The predicted molar refractivity (Wildman–Crippen MR) is 110 cm³/mol. The van der Waals surface area contributed by atoms with E-state index in [0.29, 0.717) is 48.2 Å². The lowest BCUT2D eigenvalue weighted by atomic mass is 10.2. The first-order valence-corrected chi connectivity index (χ1v) is 9.54. The Labute approximate surface area is 169 Å². The minimum Gasteiger partial charge on any atom is -0.491 e. The normalized spacial score (nSPS) is 10.6. The Morgan fingerprint density at radius 1 is 1.21 bits per heavy atom. The molecule has 0 aliphatic heterocycles. The second-order valence-electron chi connectivity index (χ2n) is 6.63. The maximum Gasteiger partial charge on any atom is 0.319 e. The number of ether oxygens (including phenoxy) is 1. The Balaban J connectivity index is 1.51. The van der Waals surface area contributed by atoms with Gasteiger partial charge in [0.25, 0.3) is 0 Å². The van der Waals surface area contributed by atoms with Crippen molar-refractivity contribution in [1.82, 2.24) is 10.3 Å². The molecule has 6 nitrogen and oxygen atoms in total. The summed E-state index contributed by atoms with van der Waals surface area (Å²) >= 11 is 0. The molecule has 152 valence electrons. The van der Waals surface area contributed by atoms with Gasteiger partial charge in [-0.3, -0.25) is 0 Å². The number of hydrogen-bond acceptors (Lipinski definition) is 4. The van der Waals surface area contributed by atoms with E-state index < -0.39 is 0 Å². The molecule has 0 saturated heterocycles. The van der Waals surface area contributed by atoms with Gasteiger partial charge in [-0.05, 0) is 55.3 Å². The van der Waals surface area contributed by atoms with Crippen molar-refractivity contribution in [1.29, 1.82) is 0 Å². The van der Waals surface area contributed by atoms with Crippen molar-refractivity contribution in [3.8, 4) is 17.2 Å². The molecule has 0 aliphatic carbocycles. The van der Waals surface area contributed by atoms with Crippen LogP contribution in [0.15, 0.2) is 53.1 Å². The van der Waals surface area contributed by atoms with E-state index in [9.17, 15) is 9.18 Å². The van der Waals surface area contributed by atoms with Crippen LogP contribution in [0.5, 0.6) is 5.75 Å². The third-order valence-electron chi connectivity index (χ3n) is 4.16. The average Bonchev–Trinajstić information content (AvgIpc) is 3.17. The monoisotopic (exact) mass is 397 g/mol. The number of nitrogens with one attached hydrogen (secondary N) is 2. The van der Waals surface area contributed by atoms with Gasteiger partial charge in [0, 0.05) is 18.5 Å². The molecule has 29 heavy (non-hydrogen) atoms. The molecule has 0 aliphatic rings. The second-order valence-corrected chi connectivity index (χ2v) is 6.63. The number of carbonyl (C=O) groups is 1. The van der Waals surface area contributed by atoms with Crippen LogP contribution in [-0.2, 0) is 6.42 Å². The van der Waals surface area contributed by atoms with Gasteiger partial charge in [-0.2, -0.15) is 0 Å². The van der Waals surface area contributed by atoms with Crippen molar-refractivity contribution in [3.05, 3.63) is 65.8 Å². The zero-order valence-corrected chi connectivity index (χ0v) is 16.5. The van der Waals surface area contributed by atoms with E-state index in [4.69, 9.17) is 9.15 Å². The van der Waals surface area contributed by atoms with Gasteiger partial charge in [-0.15, -0.1) is 0 Å². The third kappa shape index (κ3) is 5.81. The molecule has 3 aromatic rings. The molecular weight excluding hydrogens is 373 g/mol. The fraction of sp³-hybridized carbons (Fsp3) is 0.273. The highest BCUT2D eigenvalue weighted by molar-refractivity contribution is 5.91. The Morgan fingerprint density at radius 2 is 2.00 bits per heavy atom. The number of rotatable bonds is 8. The molecule has 0 spiro atoms. The van der Waals surface area contributed by atoms with E-state index in [1.54, 1.807) is 12.1 Å². The number of anilines is 1. The predicted octanol–water partition coefficient (Wildman–Crippen LogP) is 4.94. The quantitative estimate of drug-likeness (QED) is 0.564. The van der Waals surface area contributed by atoms with Crippen LogP contribution < -0.4 is 15.4 Å². The number of hydrogen-bond donors (Lipinski definition) is 2. The number of aromatic nitrogens is 1. The number of benzene rings is 2. The zero-order valence-electron chi connectivity index (χ0n) is 16.5. The maximum atomic E-state index is 13.0. The van der Waals surface area contributed by atoms with Gasteiger partial charge in [0.1, 0.15) is 17.8 Å². The van der Waals surface area contributed by atoms with E-state index in [0.717, 1.165) is 12.0 Å². The summed E-state index contributed by atoms with van der Waals surface area (Å²) in [5.74, 6) is 0.761. The number of aryl methyl sites for hydroxylation is 1. The number of urea groups is 1. The summed E-state index contributed by atoms with van der Waals surface area (Å²) < 4.78 is 24.1. The molecule has 0 atom stereocenters. The fourth-order valence-electron chi connectivity index (χ4n) is 2.68. The van der Waals surface area contributed by atoms with Crippen LogP contribution in [0, 0.1) is 12.7 Å². The van der Waals surface area contributed by atoms with Crippen molar-refractivity contribution in [2.45, 2.75) is 26.7 Å². The van der Waals surface area contributed by atoms with E-state index in [2.05, 4.69) is 15.6 Å². The van der Waals surface area contributed by atoms with Gasteiger partial charge in [0.05, 0.1) is 18.0 Å². The highest BCUT2D eigenvalue weighted by Crippen LogP contribution is 2.26. The lowest BCUT2D eigenvalue weighted by molar-refractivity contribution is 0.252. The molecule has 0 unspecified atom stereocenters. The van der Waals surface area contributed by atoms with Crippen molar-refractivity contribution in [3.63, 3.8) is 0 Å². The van der Waals surface area contributed by atoms with E-state index in [1.165, 1.54) is 18.4 Å². The molecular formula is C22H24FN3O3. The molecule has 1 heterocycles. The van der Waals surface area contributed by atoms with E-state index in [-0.39, 0.29) is 11.8 Å². The minimum absolute atomic E-state index is 0.312. The first kappa shape index (κ1) is 20.4. The van der Waals surface area contributed by atoms with E-state index in [1.807, 2.05) is 32.0 Å². The SMILES string of the molecule is CCCOc1cc(C)ccc1NC(=O)NCCc1coc(-c2ccc(F)cc2)n1. The van der Waals surface area contributed by atoms with Gasteiger partial charge in [-0.1, -0.05) is 13.0 Å². The summed E-state index contributed by atoms with van der Waals surface area (Å²) in [6, 6.07) is 11.2. The molecule has 0 saturated carbocycles. The highest BCUT2D eigenvalue weighted by atomic mass is 19.1. The molecule has 7 heteroatoms. The standard InChI is InChI=1S/C22H24FN3O3/c1-3-12-28-20-13-15(2)4-9-19(20)26-22(27)24-11-10-18-14-29-21(25-18)16-5-7-17(23)8-6-16/h4-9,13-14H,3,10-12H2,1-2H3,(H2,24,26,27). The van der Waals surface area contributed by atoms with Gasteiger partial charge >= 0.3 is 6.03 Å². The minimum atomic E-state index is -0.322. The Morgan fingerprint density at radius 3 is 2.76 bits per heavy atom. The second kappa shape index (κ2) is 9.73. The molecule has 2 N–H and O–H groups in total. The Kier molecular flexibility index (Phi) is 6.84. The van der Waals surface area contributed by atoms with Crippen LogP contribution in [0.2, 0.25) is 0 Å². The van der Waals surface area contributed by atoms with Gasteiger partial charge < -0.3 is 19.8 Å². The topological polar surface area (TPSA) is 76.4 Å². The Bertz CT molecular complexity index is 954. The van der Waals surface area contributed by atoms with Crippen molar-refractivity contribution in [2.75, 3.05) is 18.5 Å². The van der Waals surface area contributed by atoms with Crippen LogP contribution in [0.4, 0.5) is 14.9 Å². The lowest BCUT2D eigenvalue weighted by Crippen LogP contribution is -2.30. The van der Waals surface area contributed by atoms with Crippen molar-refractivity contribution >= 4 is 11.7 Å². The fourth-order valence-corrected chi connectivity index (χ4v) is 2.68. The highest BCUT2D eigenvalue weighted by Gasteiger charge is 2.10. The molecule has 2 aromatic carbocycles. The van der Waals surface area contributed by atoms with E-state index >= 15 is 0 Å². The van der Waals surface area contributed by atoms with Crippen LogP contribution in [0.3, 0.4) is 0 Å². The molecule has 0 radical (unpaired) electrons. The summed E-state index contributed by atoms with van der Waals surface area (Å²) in [6.45, 7) is 4.97. The Hall–Kier alpha value is -3.35. The zero-order chi connectivity index (χ0) is 20.6. The maximum absolute atomic E-state index is 13.0. The van der Waals surface area contributed by atoms with Gasteiger partial charge in [0.2, 0.25) is 5.89 Å². The largest absolute Gasteiger partial charge is 0.491 e. The summed E-state index contributed by atoms with van der Waals surface area (Å²) in [5.41, 5.74) is 3.08. The van der Waals surface area contributed by atoms with Crippen LogP contribution >= 0.6 is 0 Å². The number of nitrogens with zero attached hydrogens (tertiary/aromatic N) is 1. The molecule has 0 fully saturated rings. The summed E-state index contributed by atoms with van der Waals surface area (Å²) in [5, 5.41) is 5.61. The molecule has 1 aromatic heterocycles. The van der Waals surface area contributed by atoms with Crippen molar-refractivity contribution in [2.24, 2.45) is 0 Å².